The highest BCUT2D eigenvalue weighted by atomic mass is 35.5. The number of carbonyl (C=O) groups is 1. The van der Waals surface area contributed by atoms with Crippen molar-refractivity contribution >= 4 is 23.9 Å². The van der Waals surface area contributed by atoms with Crippen LogP contribution in [0.25, 0.3) is 0 Å². The molecular weight excluding hydrogens is 268 g/mol. The first-order valence-corrected chi connectivity index (χ1v) is 6.10. The van der Waals surface area contributed by atoms with E-state index < -0.39 is 11.6 Å². The summed E-state index contributed by atoms with van der Waals surface area (Å²) in [6.07, 6.45) is 0.256. The zero-order valence-electron chi connectivity index (χ0n) is 11.1. The summed E-state index contributed by atoms with van der Waals surface area (Å²) in [6.45, 7) is 5.61. The van der Waals surface area contributed by atoms with Crippen LogP contribution in [0, 0.1) is 0 Å². The Morgan fingerprint density at radius 1 is 1.47 bits per heavy atom. The quantitative estimate of drug-likeness (QED) is 0.507. The first-order chi connectivity index (χ1) is 8.75. The molecule has 0 unspecified atom stereocenters. The standard InChI is InChI=1S/C13H17ClN2O3/c1-13(2,3)16(12(17)18)8-10-6-9(7-15-19)4-5-11(10)14/h4-7,19H,8H2,1-3H3,(H,17,18)/b15-7-. The summed E-state index contributed by atoms with van der Waals surface area (Å²) in [6, 6.07) is 5.04. The first-order valence-electron chi connectivity index (χ1n) is 5.72. The SMILES string of the molecule is CC(C)(C)N(Cc1cc(/C=N\O)ccc1Cl)C(=O)O. The molecular formula is C13H17ClN2O3. The molecule has 0 radical (unpaired) electrons. The molecule has 0 atom stereocenters. The van der Waals surface area contributed by atoms with Gasteiger partial charge in [-0.25, -0.2) is 4.79 Å². The second-order valence-electron chi connectivity index (χ2n) is 5.13. The van der Waals surface area contributed by atoms with Crippen molar-refractivity contribution in [2.24, 2.45) is 5.16 Å². The van der Waals surface area contributed by atoms with E-state index in [2.05, 4.69) is 5.16 Å². The molecule has 2 N–H and O–H groups in total. The molecule has 0 aliphatic carbocycles. The fourth-order valence-electron chi connectivity index (χ4n) is 1.62. The smallest absolute Gasteiger partial charge is 0.408 e. The molecule has 0 saturated heterocycles. The molecule has 0 saturated carbocycles. The van der Waals surface area contributed by atoms with Gasteiger partial charge in [-0.05, 0) is 44.0 Å². The van der Waals surface area contributed by atoms with Crippen molar-refractivity contribution in [2.75, 3.05) is 0 Å². The van der Waals surface area contributed by atoms with E-state index in [1.54, 1.807) is 18.2 Å². The number of halogens is 1. The summed E-state index contributed by atoms with van der Waals surface area (Å²) in [4.78, 5) is 12.6. The Balaban J connectivity index is 3.09. The van der Waals surface area contributed by atoms with Crippen molar-refractivity contribution in [3.8, 4) is 0 Å². The Morgan fingerprint density at radius 3 is 2.58 bits per heavy atom. The Kier molecular flexibility index (Phi) is 4.78. The highest BCUT2D eigenvalue weighted by Gasteiger charge is 2.26. The summed E-state index contributed by atoms with van der Waals surface area (Å²) in [5.41, 5.74) is 0.786. The fourth-order valence-corrected chi connectivity index (χ4v) is 1.80. The highest BCUT2D eigenvalue weighted by molar-refractivity contribution is 6.31. The van der Waals surface area contributed by atoms with Gasteiger partial charge < -0.3 is 10.3 Å². The largest absolute Gasteiger partial charge is 0.465 e. The van der Waals surface area contributed by atoms with E-state index in [9.17, 15) is 9.90 Å². The summed E-state index contributed by atoms with van der Waals surface area (Å²) in [5, 5.41) is 21.2. The van der Waals surface area contributed by atoms with Crippen LogP contribution in [0.5, 0.6) is 0 Å². The van der Waals surface area contributed by atoms with Gasteiger partial charge in [-0.1, -0.05) is 22.8 Å². The molecule has 0 aliphatic rings. The lowest BCUT2D eigenvalue weighted by Gasteiger charge is -2.33. The Bertz CT molecular complexity index is 495. The summed E-state index contributed by atoms with van der Waals surface area (Å²) in [5.74, 6) is 0. The Hall–Kier alpha value is -1.75. The van der Waals surface area contributed by atoms with Crippen molar-refractivity contribution in [1.82, 2.24) is 4.90 Å². The molecule has 1 aromatic carbocycles. The predicted molar refractivity (Wildman–Crippen MR) is 74.2 cm³/mol. The third-order valence-corrected chi connectivity index (χ3v) is 3.01. The van der Waals surface area contributed by atoms with Gasteiger partial charge in [0.2, 0.25) is 0 Å². The number of hydrogen-bond donors (Lipinski definition) is 2. The van der Waals surface area contributed by atoms with Gasteiger partial charge in [0.15, 0.2) is 0 Å². The van der Waals surface area contributed by atoms with Crippen LogP contribution in [-0.2, 0) is 6.54 Å². The number of benzene rings is 1. The lowest BCUT2D eigenvalue weighted by atomic mass is 10.0. The van der Waals surface area contributed by atoms with E-state index in [-0.39, 0.29) is 6.54 Å². The minimum Gasteiger partial charge on any atom is -0.465 e. The molecule has 104 valence electrons. The molecule has 19 heavy (non-hydrogen) atoms. The van der Waals surface area contributed by atoms with Crippen molar-refractivity contribution in [2.45, 2.75) is 32.9 Å². The molecule has 1 aromatic rings. The molecule has 1 amide bonds. The second-order valence-corrected chi connectivity index (χ2v) is 5.54. The third kappa shape index (κ3) is 4.13. The van der Waals surface area contributed by atoms with Gasteiger partial charge in [0.25, 0.3) is 0 Å². The molecule has 0 bridgehead atoms. The van der Waals surface area contributed by atoms with Crippen LogP contribution in [0.15, 0.2) is 23.4 Å². The van der Waals surface area contributed by atoms with Crippen molar-refractivity contribution < 1.29 is 15.1 Å². The molecule has 5 nitrogen and oxygen atoms in total. The monoisotopic (exact) mass is 284 g/mol. The van der Waals surface area contributed by atoms with Crippen LogP contribution in [0.3, 0.4) is 0 Å². The lowest BCUT2D eigenvalue weighted by molar-refractivity contribution is 0.0956. The number of amides is 1. The molecule has 0 aromatic heterocycles. The Morgan fingerprint density at radius 2 is 2.11 bits per heavy atom. The number of hydrogen-bond acceptors (Lipinski definition) is 3. The van der Waals surface area contributed by atoms with Crippen LogP contribution >= 0.6 is 11.6 Å². The average Bonchev–Trinajstić information content (AvgIpc) is 2.28. The van der Waals surface area contributed by atoms with E-state index in [4.69, 9.17) is 16.8 Å². The minimum absolute atomic E-state index is 0.171. The zero-order chi connectivity index (χ0) is 14.6. The van der Waals surface area contributed by atoms with Gasteiger partial charge in [-0.3, -0.25) is 4.90 Å². The van der Waals surface area contributed by atoms with Crippen LogP contribution in [0.2, 0.25) is 5.02 Å². The molecule has 0 heterocycles. The van der Waals surface area contributed by atoms with Crippen molar-refractivity contribution in [3.63, 3.8) is 0 Å². The normalized spacial score (nSPS) is 11.8. The fraction of sp³-hybridized carbons (Fsp3) is 0.385. The van der Waals surface area contributed by atoms with Crippen LogP contribution in [0.1, 0.15) is 31.9 Å². The summed E-state index contributed by atoms with van der Waals surface area (Å²) < 4.78 is 0. The van der Waals surface area contributed by atoms with E-state index in [0.29, 0.717) is 16.1 Å². The zero-order valence-corrected chi connectivity index (χ0v) is 11.8. The van der Waals surface area contributed by atoms with Gasteiger partial charge >= 0.3 is 6.09 Å². The predicted octanol–water partition coefficient (Wildman–Crippen LogP) is 3.43. The second kappa shape index (κ2) is 5.93. The maximum absolute atomic E-state index is 11.3. The van der Waals surface area contributed by atoms with Crippen molar-refractivity contribution in [1.29, 1.82) is 0 Å². The lowest BCUT2D eigenvalue weighted by Crippen LogP contribution is -2.44. The van der Waals surface area contributed by atoms with Crippen LogP contribution < -0.4 is 0 Å². The first kappa shape index (κ1) is 15.3. The summed E-state index contributed by atoms with van der Waals surface area (Å²) in [7, 11) is 0. The third-order valence-electron chi connectivity index (χ3n) is 2.65. The van der Waals surface area contributed by atoms with Gasteiger partial charge in [0.1, 0.15) is 0 Å². The number of carboxylic acid groups (broad SMARTS) is 1. The van der Waals surface area contributed by atoms with Crippen molar-refractivity contribution in [3.05, 3.63) is 34.3 Å². The number of oxime groups is 1. The molecule has 6 heteroatoms. The van der Waals surface area contributed by atoms with Gasteiger partial charge in [-0.2, -0.15) is 0 Å². The van der Waals surface area contributed by atoms with Crippen LogP contribution in [0.4, 0.5) is 4.79 Å². The van der Waals surface area contributed by atoms with E-state index in [0.717, 1.165) is 0 Å². The topological polar surface area (TPSA) is 73.1 Å². The van der Waals surface area contributed by atoms with Gasteiger partial charge in [0.05, 0.1) is 12.8 Å². The van der Waals surface area contributed by atoms with Crippen LogP contribution in [-0.4, -0.2) is 33.1 Å². The summed E-state index contributed by atoms with van der Waals surface area (Å²) >= 11 is 6.07. The highest BCUT2D eigenvalue weighted by Crippen LogP contribution is 2.23. The maximum atomic E-state index is 11.3. The average molecular weight is 285 g/mol. The molecule has 0 aliphatic heterocycles. The minimum atomic E-state index is -1.01. The Labute approximate surface area is 117 Å². The van der Waals surface area contributed by atoms with Gasteiger partial charge in [-0.15, -0.1) is 0 Å². The number of nitrogens with zero attached hydrogens (tertiary/aromatic N) is 2. The maximum Gasteiger partial charge on any atom is 0.408 e. The van der Waals surface area contributed by atoms with E-state index >= 15 is 0 Å². The van der Waals surface area contributed by atoms with Gasteiger partial charge in [0, 0.05) is 10.6 Å². The van der Waals surface area contributed by atoms with E-state index in [1.165, 1.54) is 11.1 Å². The number of rotatable bonds is 3. The molecule has 0 fully saturated rings. The molecule has 0 spiro atoms. The van der Waals surface area contributed by atoms with E-state index in [1.807, 2.05) is 20.8 Å². The molecule has 1 rings (SSSR count).